The van der Waals surface area contributed by atoms with Crippen molar-refractivity contribution in [1.29, 1.82) is 0 Å². The van der Waals surface area contributed by atoms with Crippen molar-refractivity contribution in [2.24, 2.45) is 5.41 Å². The summed E-state index contributed by atoms with van der Waals surface area (Å²) >= 11 is 12.5. The number of hydrogen-bond donors (Lipinski definition) is 1. The first-order valence-corrected chi connectivity index (χ1v) is 8.48. The summed E-state index contributed by atoms with van der Waals surface area (Å²) in [4.78, 5) is 0. The molecule has 0 spiro atoms. The van der Waals surface area contributed by atoms with Crippen molar-refractivity contribution in [3.63, 3.8) is 0 Å². The predicted molar refractivity (Wildman–Crippen MR) is 88.8 cm³/mol. The second kappa shape index (κ2) is 7.15. The number of nitrogens with one attached hydrogen (secondary N) is 1. The van der Waals surface area contributed by atoms with Gasteiger partial charge in [-0.05, 0) is 61.4 Å². The monoisotopic (exact) mass is 313 g/mol. The summed E-state index contributed by atoms with van der Waals surface area (Å²) in [5, 5.41) is 5.35. The molecule has 20 heavy (non-hydrogen) atoms. The Bertz CT molecular complexity index is 439. The van der Waals surface area contributed by atoms with E-state index >= 15 is 0 Å². The molecule has 1 N–H and O–H groups in total. The van der Waals surface area contributed by atoms with Crippen LogP contribution in [0.1, 0.15) is 51.5 Å². The van der Waals surface area contributed by atoms with Crippen LogP contribution in [0.3, 0.4) is 0 Å². The lowest BCUT2D eigenvalue weighted by atomic mass is 9.77. The Morgan fingerprint density at radius 3 is 2.60 bits per heavy atom. The Kier molecular flexibility index (Phi) is 5.77. The third-order valence-corrected chi connectivity index (χ3v) is 5.26. The van der Waals surface area contributed by atoms with E-state index < -0.39 is 0 Å². The maximum atomic E-state index is 6.34. The van der Waals surface area contributed by atoms with Crippen LogP contribution < -0.4 is 5.32 Å². The van der Waals surface area contributed by atoms with Crippen molar-refractivity contribution in [2.75, 3.05) is 6.54 Å². The summed E-state index contributed by atoms with van der Waals surface area (Å²) in [7, 11) is 0. The third-order valence-electron chi connectivity index (χ3n) is 4.66. The molecule has 0 amide bonds. The Hall–Kier alpha value is -0.240. The van der Waals surface area contributed by atoms with Crippen LogP contribution in [0.5, 0.6) is 0 Å². The van der Waals surface area contributed by atoms with Gasteiger partial charge < -0.3 is 5.32 Å². The lowest BCUT2D eigenvalue weighted by Gasteiger charge is -2.35. The van der Waals surface area contributed by atoms with Crippen LogP contribution in [-0.2, 0) is 6.42 Å². The Balaban J connectivity index is 2.16. The molecule has 3 heteroatoms. The van der Waals surface area contributed by atoms with Gasteiger partial charge in [0, 0.05) is 16.1 Å². The molecule has 2 rings (SSSR count). The molecule has 0 heterocycles. The van der Waals surface area contributed by atoms with E-state index in [-0.39, 0.29) is 0 Å². The van der Waals surface area contributed by atoms with Gasteiger partial charge in [0.15, 0.2) is 0 Å². The van der Waals surface area contributed by atoms with Gasteiger partial charge in [0.25, 0.3) is 0 Å². The Morgan fingerprint density at radius 1 is 1.25 bits per heavy atom. The number of halogens is 2. The van der Waals surface area contributed by atoms with E-state index in [1.54, 1.807) is 0 Å². The maximum Gasteiger partial charge on any atom is 0.0439 e. The molecular weight excluding hydrogens is 289 g/mol. The fraction of sp³-hybridized carbons (Fsp3) is 0.647. The van der Waals surface area contributed by atoms with E-state index in [4.69, 9.17) is 23.2 Å². The van der Waals surface area contributed by atoms with Gasteiger partial charge in [0.2, 0.25) is 0 Å². The first kappa shape index (κ1) is 16.1. The lowest BCUT2D eigenvalue weighted by molar-refractivity contribution is 0.219. The maximum absolute atomic E-state index is 6.34. The quantitative estimate of drug-likeness (QED) is 0.732. The van der Waals surface area contributed by atoms with Crippen LogP contribution >= 0.6 is 23.2 Å². The molecular formula is C17H25Cl2N. The highest BCUT2D eigenvalue weighted by atomic mass is 35.5. The first-order valence-electron chi connectivity index (χ1n) is 7.72. The van der Waals surface area contributed by atoms with Gasteiger partial charge >= 0.3 is 0 Å². The van der Waals surface area contributed by atoms with E-state index in [1.807, 2.05) is 18.2 Å². The van der Waals surface area contributed by atoms with E-state index in [0.717, 1.165) is 29.4 Å². The highest BCUT2D eigenvalue weighted by molar-refractivity contribution is 6.33. The van der Waals surface area contributed by atoms with E-state index in [1.165, 1.54) is 31.2 Å². The minimum Gasteiger partial charge on any atom is -0.313 e. The number of rotatable bonds is 6. The molecule has 1 aromatic rings. The summed E-state index contributed by atoms with van der Waals surface area (Å²) in [5.41, 5.74) is 1.56. The first-order chi connectivity index (χ1) is 9.55. The molecule has 1 fully saturated rings. The zero-order valence-corrected chi connectivity index (χ0v) is 14.0. The second-order valence-electron chi connectivity index (χ2n) is 6.31. The summed E-state index contributed by atoms with van der Waals surface area (Å²) in [6.45, 7) is 5.71. The minimum atomic E-state index is 0.390. The molecule has 0 saturated heterocycles. The fourth-order valence-electron chi connectivity index (χ4n) is 3.33. The molecule has 0 aromatic heterocycles. The SMILES string of the molecule is CCCNC(Cc1cc(Cl)ccc1Cl)C1(C)CCCC1. The van der Waals surface area contributed by atoms with E-state index in [2.05, 4.69) is 19.2 Å². The van der Waals surface area contributed by atoms with Gasteiger partial charge in [-0.25, -0.2) is 0 Å². The van der Waals surface area contributed by atoms with Gasteiger partial charge in [0.1, 0.15) is 0 Å². The van der Waals surface area contributed by atoms with Crippen LogP contribution in [0.15, 0.2) is 18.2 Å². The van der Waals surface area contributed by atoms with Crippen LogP contribution in [-0.4, -0.2) is 12.6 Å². The van der Waals surface area contributed by atoms with Crippen LogP contribution in [0.4, 0.5) is 0 Å². The molecule has 1 atom stereocenters. The van der Waals surface area contributed by atoms with Crippen LogP contribution in [0.2, 0.25) is 10.0 Å². The van der Waals surface area contributed by atoms with Gasteiger partial charge in [0.05, 0.1) is 0 Å². The van der Waals surface area contributed by atoms with Crippen molar-refractivity contribution in [3.8, 4) is 0 Å². The van der Waals surface area contributed by atoms with E-state index in [0.29, 0.717) is 11.5 Å². The average molecular weight is 314 g/mol. The van der Waals surface area contributed by atoms with Gasteiger partial charge in [-0.3, -0.25) is 0 Å². The van der Waals surface area contributed by atoms with Crippen molar-refractivity contribution in [2.45, 2.75) is 58.4 Å². The highest BCUT2D eigenvalue weighted by Crippen LogP contribution is 2.42. The van der Waals surface area contributed by atoms with Crippen molar-refractivity contribution < 1.29 is 0 Å². The normalized spacial score (nSPS) is 19.2. The molecule has 0 radical (unpaired) electrons. The average Bonchev–Trinajstić information content (AvgIpc) is 2.86. The summed E-state index contributed by atoms with van der Waals surface area (Å²) in [6.07, 6.45) is 7.46. The summed E-state index contributed by atoms with van der Waals surface area (Å²) < 4.78 is 0. The summed E-state index contributed by atoms with van der Waals surface area (Å²) in [6, 6.07) is 6.27. The molecule has 1 unspecified atom stereocenters. The third kappa shape index (κ3) is 3.90. The van der Waals surface area contributed by atoms with Crippen molar-refractivity contribution >= 4 is 23.2 Å². The predicted octanol–water partition coefficient (Wildman–Crippen LogP) is 5.48. The largest absolute Gasteiger partial charge is 0.313 e. The second-order valence-corrected chi connectivity index (χ2v) is 7.15. The van der Waals surface area contributed by atoms with Crippen LogP contribution in [0, 0.1) is 5.41 Å². The molecule has 1 aliphatic rings. The highest BCUT2D eigenvalue weighted by Gasteiger charge is 2.36. The van der Waals surface area contributed by atoms with Crippen LogP contribution in [0.25, 0.3) is 0 Å². The fourth-order valence-corrected chi connectivity index (χ4v) is 3.72. The molecule has 112 valence electrons. The topological polar surface area (TPSA) is 12.0 Å². The zero-order chi connectivity index (χ0) is 14.6. The van der Waals surface area contributed by atoms with Gasteiger partial charge in [-0.1, -0.05) is 49.9 Å². The molecule has 1 saturated carbocycles. The van der Waals surface area contributed by atoms with Gasteiger partial charge in [-0.2, -0.15) is 0 Å². The minimum absolute atomic E-state index is 0.390. The standard InChI is InChI=1S/C17H25Cl2N/c1-3-10-20-16(17(2)8-4-5-9-17)12-13-11-14(18)6-7-15(13)19/h6-7,11,16,20H,3-5,8-10,12H2,1-2H3. The van der Waals surface area contributed by atoms with Crippen molar-refractivity contribution in [1.82, 2.24) is 5.32 Å². The van der Waals surface area contributed by atoms with E-state index in [9.17, 15) is 0 Å². The molecule has 0 bridgehead atoms. The smallest absolute Gasteiger partial charge is 0.0439 e. The summed E-state index contributed by atoms with van der Waals surface area (Å²) in [5.74, 6) is 0. The number of hydrogen-bond acceptors (Lipinski definition) is 1. The van der Waals surface area contributed by atoms with Gasteiger partial charge in [-0.15, -0.1) is 0 Å². The molecule has 0 aliphatic heterocycles. The van der Waals surface area contributed by atoms with Crippen molar-refractivity contribution in [3.05, 3.63) is 33.8 Å². The molecule has 1 aliphatic carbocycles. The Labute approximate surface area is 133 Å². The Morgan fingerprint density at radius 2 is 1.95 bits per heavy atom. The molecule has 1 nitrogen and oxygen atoms in total. The lowest BCUT2D eigenvalue weighted by Crippen LogP contribution is -2.44. The number of benzene rings is 1. The molecule has 1 aromatic carbocycles. The zero-order valence-electron chi connectivity index (χ0n) is 12.5.